The van der Waals surface area contributed by atoms with Crippen LogP contribution in [0.1, 0.15) is 33.2 Å². The van der Waals surface area contributed by atoms with Crippen molar-refractivity contribution < 1.29 is 14.3 Å². The fourth-order valence-electron chi connectivity index (χ4n) is 3.51. The van der Waals surface area contributed by atoms with Crippen LogP contribution >= 0.6 is 11.6 Å². The van der Waals surface area contributed by atoms with Gasteiger partial charge in [-0.05, 0) is 11.5 Å². The zero-order valence-electron chi connectivity index (χ0n) is 16.1. The Labute approximate surface area is 170 Å². The number of aromatic amines is 1. The molecule has 0 fully saturated rings. The second-order valence-corrected chi connectivity index (χ2v) is 8.48. The third-order valence-corrected chi connectivity index (χ3v) is 5.17. The molecule has 4 heterocycles. The summed E-state index contributed by atoms with van der Waals surface area (Å²) in [7, 11) is 0. The molecule has 0 aromatic carbocycles. The largest absolute Gasteiger partial charge is 0.481 e. The predicted octanol–water partition coefficient (Wildman–Crippen LogP) is 4.83. The van der Waals surface area contributed by atoms with Crippen molar-refractivity contribution in [1.82, 2.24) is 24.5 Å². The van der Waals surface area contributed by atoms with E-state index in [0.717, 1.165) is 5.39 Å². The smallest absolute Gasteiger partial charge is 0.305 e. The van der Waals surface area contributed by atoms with E-state index in [4.69, 9.17) is 11.6 Å². The summed E-state index contributed by atoms with van der Waals surface area (Å²) >= 11 is 6.07. The normalized spacial score (nSPS) is 13.3. The highest BCUT2D eigenvalue weighted by Gasteiger charge is 2.31. The molecule has 1 unspecified atom stereocenters. The molecule has 7 nitrogen and oxygen atoms in total. The molecule has 0 radical (unpaired) electrons. The highest BCUT2D eigenvalue weighted by Crippen LogP contribution is 2.37. The van der Waals surface area contributed by atoms with Gasteiger partial charge in [0.1, 0.15) is 11.3 Å². The number of hydrogen-bond acceptors (Lipinski definition) is 4. The van der Waals surface area contributed by atoms with E-state index in [0.29, 0.717) is 27.7 Å². The first-order chi connectivity index (χ1) is 13.6. The van der Waals surface area contributed by atoms with Crippen LogP contribution in [0.25, 0.3) is 33.5 Å². The zero-order chi connectivity index (χ0) is 20.9. The second kappa shape index (κ2) is 6.81. The molecule has 29 heavy (non-hydrogen) atoms. The van der Waals surface area contributed by atoms with E-state index in [9.17, 15) is 14.3 Å². The van der Waals surface area contributed by atoms with Gasteiger partial charge in [-0.1, -0.05) is 32.4 Å². The van der Waals surface area contributed by atoms with Gasteiger partial charge in [0, 0.05) is 35.7 Å². The van der Waals surface area contributed by atoms with Crippen molar-refractivity contribution in [3.05, 3.63) is 41.7 Å². The highest BCUT2D eigenvalue weighted by molar-refractivity contribution is 6.31. The minimum absolute atomic E-state index is 0.154. The van der Waals surface area contributed by atoms with Crippen molar-refractivity contribution in [3.8, 4) is 11.4 Å². The van der Waals surface area contributed by atoms with Gasteiger partial charge in [0.25, 0.3) is 0 Å². The van der Waals surface area contributed by atoms with Gasteiger partial charge in [0.15, 0.2) is 11.6 Å². The van der Waals surface area contributed by atoms with E-state index < -0.39 is 23.2 Å². The van der Waals surface area contributed by atoms with Gasteiger partial charge in [-0.25, -0.2) is 19.3 Å². The maximum Gasteiger partial charge on any atom is 0.305 e. The molecule has 2 N–H and O–H groups in total. The van der Waals surface area contributed by atoms with Crippen molar-refractivity contribution in [1.29, 1.82) is 0 Å². The van der Waals surface area contributed by atoms with Crippen molar-refractivity contribution >= 4 is 39.6 Å². The average molecular weight is 416 g/mol. The predicted molar refractivity (Wildman–Crippen MR) is 108 cm³/mol. The van der Waals surface area contributed by atoms with Gasteiger partial charge in [0.05, 0.1) is 22.9 Å². The zero-order valence-corrected chi connectivity index (χ0v) is 16.8. The van der Waals surface area contributed by atoms with Gasteiger partial charge in [-0.2, -0.15) is 0 Å². The lowest BCUT2D eigenvalue weighted by atomic mass is 9.84. The Kier molecular flexibility index (Phi) is 4.53. The second-order valence-electron chi connectivity index (χ2n) is 8.05. The lowest BCUT2D eigenvalue weighted by Crippen LogP contribution is -2.26. The summed E-state index contributed by atoms with van der Waals surface area (Å²) in [6.07, 6.45) is 5.82. The molecule has 9 heteroatoms. The average Bonchev–Trinajstić information content (AvgIpc) is 3.19. The number of nitrogens with zero attached hydrogens (tertiary/aromatic N) is 4. The molecule has 0 aliphatic carbocycles. The number of H-pyrrole nitrogens is 1. The van der Waals surface area contributed by atoms with E-state index in [1.54, 1.807) is 16.8 Å². The minimum atomic E-state index is -0.959. The lowest BCUT2D eigenvalue weighted by Gasteiger charge is -2.31. The Balaban J connectivity index is 1.92. The van der Waals surface area contributed by atoms with Gasteiger partial charge in [0.2, 0.25) is 0 Å². The quantitative estimate of drug-likeness (QED) is 0.497. The summed E-state index contributed by atoms with van der Waals surface area (Å²) in [4.78, 5) is 27.6. The number of nitrogens with one attached hydrogen (secondary N) is 1. The Bertz CT molecular complexity index is 1240. The Morgan fingerprint density at radius 1 is 1.31 bits per heavy atom. The Hall–Kier alpha value is -3.00. The molecule has 0 saturated carbocycles. The SMILES string of the molecule is CC(C)(C)C(CC(=O)O)n1cc(F)c2cnc(-c3c[nH]c4ncc(Cl)cc34)nc21. The van der Waals surface area contributed by atoms with Crippen LogP contribution in [0.2, 0.25) is 5.02 Å². The van der Waals surface area contributed by atoms with E-state index in [1.165, 1.54) is 18.6 Å². The van der Waals surface area contributed by atoms with Crippen molar-refractivity contribution in [2.24, 2.45) is 5.41 Å². The molecule has 4 rings (SSSR count). The number of aliphatic carboxylic acids is 1. The number of fused-ring (bicyclic) bond motifs is 2. The topological polar surface area (TPSA) is 96.7 Å². The summed E-state index contributed by atoms with van der Waals surface area (Å²) in [5.41, 5.74) is 1.22. The monoisotopic (exact) mass is 415 g/mol. The van der Waals surface area contributed by atoms with Crippen molar-refractivity contribution in [2.75, 3.05) is 0 Å². The maximum atomic E-state index is 14.6. The third-order valence-electron chi connectivity index (χ3n) is 4.96. The maximum absolute atomic E-state index is 14.6. The molecule has 0 aliphatic rings. The lowest BCUT2D eigenvalue weighted by molar-refractivity contribution is -0.138. The fourth-order valence-corrected chi connectivity index (χ4v) is 3.67. The van der Waals surface area contributed by atoms with Gasteiger partial charge in [-0.3, -0.25) is 4.79 Å². The number of carboxylic acids is 1. The summed E-state index contributed by atoms with van der Waals surface area (Å²) in [5.74, 6) is -1.08. The number of halogens is 2. The van der Waals surface area contributed by atoms with Crippen LogP contribution in [0.15, 0.2) is 30.9 Å². The van der Waals surface area contributed by atoms with E-state index in [2.05, 4.69) is 19.9 Å². The number of carboxylic acid groups (broad SMARTS) is 1. The van der Waals surface area contributed by atoms with Crippen LogP contribution in [0.4, 0.5) is 4.39 Å². The molecule has 1 atom stereocenters. The number of rotatable bonds is 4. The first-order valence-corrected chi connectivity index (χ1v) is 9.41. The Morgan fingerprint density at radius 2 is 2.07 bits per heavy atom. The fraction of sp³-hybridized carbons (Fsp3) is 0.300. The summed E-state index contributed by atoms with van der Waals surface area (Å²) < 4.78 is 16.2. The summed E-state index contributed by atoms with van der Waals surface area (Å²) in [6.45, 7) is 5.75. The molecule has 4 aromatic heterocycles. The standard InChI is InChI=1S/C20H19ClFN5O2/c1-20(2,3)15(5-16(28)29)27-9-14(22)13-8-25-18(26-19(13)27)12-7-24-17-11(12)4-10(21)6-23-17/h4,6-9,15H,5H2,1-3H3,(H,23,24)(H,28,29). The molecular weight excluding hydrogens is 397 g/mol. The number of carbonyl (C=O) groups is 1. The third kappa shape index (κ3) is 3.44. The first-order valence-electron chi connectivity index (χ1n) is 9.03. The van der Waals surface area contributed by atoms with E-state index >= 15 is 0 Å². The van der Waals surface area contributed by atoms with Crippen molar-refractivity contribution in [3.63, 3.8) is 0 Å². The molecule has 0 amide bonds. The number of pyridine rings is 1. The number of hydrogen-bond donors (Lipinski definition) is 2. The van der Waals surface area contributed by atoms with Crippen LogP contribution in [0, 0.1) is 11.2 Å². The highest BCUT2D eigenvalue weighted by atomic mass is 35.5. The van der Waals surface area contributed by atoms with Crippen LogP contribution in [-0.4, -0.2) is 35.6 Å². The Morgan fingerprint density at radius 3 is 2.76 bits per heavy atom. The van der Waals surface area contributed by atoms with Gasteiger partial charge >= 0.3 is 5.97 Å². The van der Waals surface area contributed by atoms with E-state index in [1.807, 2.05) is 20.8 Å². The minimum Gasteiger partial charge on any atom is -0.481 e. The molecule has 0 saturated heterocycles. The van der Waals surface area contributed by atoms with Gasteiger partial charge in [-0.15, -0.1) is 0 Å². The molecule has 0 bridgehead atoms. The van der Waals surface area contributed by atoms with Crippen LogP contribution in [0.5, 0.6) is 0 Å². The van der Waals surface area contributed by atoms with Crippen LogP contribution < -0.4 is 0 Å². The molecule has 0 aliphatic heterocycles. The summed E-state index contributed by atoms with van der Waals surface area (Å²) in [5, 5.41) is 10.8. The number of aromatic nitrogens is 5. The van der Waals surface area contributed by atoms with Crippen LogP contribution in [0.3, 0.4) is 0 Å². The molecule has 150 valence electrons. The molecule has 4 aromatic rings. The van der Waals surface area contributed by atoms with Crippen LogP contribution in [-0.2, 0) is 4.79 Å². The molecular formula is C20H19ClFN5O2. The first kappa shape index (κ1) is 19.3. The summed E-state index contributed by atoms with van der Waals surface area (Å²) in [6, 6.07) is 1.26. The van der Waals surface area contributed by atoms with Gasteiger partial charge < -0.3 is 14.7 Å². The molecule has 0 spiro atoms. The van der Waals surface area contributed by atoms with Crippen molar-refractivity contribution in [2.45, 2.75) is 33.2 Å². The van der Waals surface area contributed by atoms with E-state index in [-0.39, 0.29) is 11.8 Å².